The summed E-state index contributed by atoms with van der Waals surface area (Å²) in [4.78, 5) is 11.2. The average molecular weight is 250 g/mol. The van der Waals surface area contributed by atoms with Gasteiger partial charge in [0.1, 0.15) is 5.82 Å². The second-order valence-electron chi connectivity index (χ2n) is 4.67. The van der Waals surface area contributed by atoms with Gasteiger partial charge in [0.25, 0.3) is 0 Å². The molecule has 1 aromatic heterocycles. The molecule has 0 bridgehead atoms. The van der Waals surface area contributed by atoms with Crippen molar-refractivity contribution in [2.75, 3.05) is 37.0 Å². The SMILES string of the molecule is CCNc1nc(C)cc(N2CCCC(OC)C2)n1. The summed E-state index contributed by atoms with van der Waals surface area (Å²) in [7, 11) is 1.78. The normalized spacial score (nSPS) is 19.9. The Morgan fingerprint density at radius 3 is 3.06 bits per heavy atom. The fourth-order valence-corrected chi connectivity index (χ4v) is 2.29. The lowest BCUT2D eigenvalue weighted by atomic mass is 10.1. The topological polar surface area (TPSA) is 50.3 Å². The maximum absolute atomic E-state index is 5.45. The van der Waals surface area contributed by atoms with Gasteiger partial charge in [0, 0.05) is 38.5 Å². The van der Waals surface area contributed by atoms with E-state index in [-0.39, 0.29) is 0 Å². The Balaban J connectivity index is 2.16. The van der Waals surface area contributed by atoms with Crippen LogP contribution in [0.1, 0.15) is 25.5 Å². The zero-order chi connectivity index (χ0) is 13.0. The van der Waals surface area contributed by atoms with Crippen LogP contribution in [0.25, 0.3) is 0 Å². The third-order valence-corrected chi connectivity index (χ3v) is 3.21. The highest BCUT2D eigenvalue weighted by atomic mass is 16.5. The van der Waals surface area contributed by atoms with Crippen LogP contribution in [0.2, 0.25) is 0 Å². The van der Waals surface area contributed by atoms with Crippen molar-refractivity contribution in [1.82, 2.24) is 9.97 Å². The van der Waals surface area contributed by atoms with E-state index < -0.39 is 0 Å². The lowest BCUT2D eigenvalue weighted by Crippen LogP contribution is -2.39. The summed E-state index contributed by atoms with van der Waals surface area (Å²) in [5.41, 5.74) is 0.996. The molecule has 100 valence electrons. The van der Waals surface area contributed by atoms with Crippen molar-refractivity contribution in [1.29, 1.82) is 0 Å². The molecule has 0 aromatic carbocycles. The number of methoxy groups -OCH3 is 1. The van der Waals surface area contributed by atoms with Gasteiger partial charge in [0.2, 0.25) is 5.95 Å². The summed E-state index contributed by atoms with van der Waals surface area (Å²) in [5, 5.41) is 3.17. The second-order valence-corrected chi connectivity index (χ2v) is 4.67. The molecule has 1 aromatic rings. The molecule has 0 amide bonds. The van der Waals surface area contributed by atoms with Crippen LogP contribution in [0.5, 0.6) is 0 Å². The van der Waals surface area contributed by atoms with Gasteiger partial charge in [-0.05, 0) is 26.7 Å². The number of rotatable bonds is 4. The number of nitrogens with one attached hydrogen (secondary N) is 1. The number of anilines is 2. The summed E-state index contributed by atoms with van der Waals surface area (Å²) >= 11 is 0. The quantitative estimate of drug-likeness (QED) is 0.883. The fourth-order valence-electron chi connectivity index (χ4n) is 2.29. The third kappa shape index (κ3) is 3.10. The van der Waals surface area contributed by atoms with Crippen LogP contribution in [-0.2, 0) is 4.74 Å². The minimum Gasteiger partial charge on any atom is -0.380 e. The van der Waals surface area contributed by atoms with Gasteiger partial charge in [-0.3, -0.25) is 0 Å². The van der Waals surface area contributed by atoms with Crippen LogP contribution < -0.4 is 10.2 Å². The van der Waals surface area contributed by atoms with Crippen LogP contribution in [0.3, 0.4) is 0 Å². The van der Waals surface area contributed by atoms with Gasteiger partial charge in [-0.15, -0.1) is 0 Å². The highest BCUT2D eigenvalue weighted by Gasteiger charge is 2.21. The molecule has 2 rings (SSSR count). The smallest absolute Gasteiger partial charge is 0.224 e. The zero-order valence-electron chi connectivity index (χ0n) is 11.4. The summed E-state index contributed by atoms with van der Waals surface area (Å²) in [6.07, 6.45) is 2.60. The molecule has 1 atom stereocenters. The molecule has 0 aliphatic carbocycles. The molecule has 1 N–H and O–H groups in total. The van der Waals surface area contributed by atoms with Crippen LogP contribution in [0, 0.1) is 6.92 Å². The Morgan fingerprint density at radius 1 is 1.50 bits per heavy atom. The standard InChI is InChI=1S/C13H22N4O/c1-4-14-13-15-10(2)8-12(16-13)17-7-5-6-11(9-17)18-3/h8,11H,4-7,9H2,1-3H3,(H,14,15,16). The first kappa shape index (κ1) is 13.1. The van der Waals surface area contributed by atoms with Crippen LogP contribution in [0.15, 0.2) is 6.07 Å². The Morgan fingerprint density at radius 2 is 2.33 bits per heavy atom. The predicted octanol–water partition coefficient (Wildman–Crippen LogP) is 1.83. The maximum Gasteiger partial charge on any atom is 0.224 e. The van der Waals surface area contributed by atoms with E-state index in [1.807, 2.05) is 19.9 Å². The summed E-state index contributed by atoms with van der Waals surface area (Å²) < 4.78 is 5.45. The molecule has 1 fully saturated rings. The van der Waals surface area contributed by atoms with E-state index in [1.165, 1.54) is 0 Å². The van der Waals surface area contributed by atoms with Gasteiger partial charge >= 0.3 is 0 Å². The van der Waals surface area contributed by atoms with Gasteiger partial charge in [0.05, 0.1) is 6.10 Å². The third-order valence-electron chi connectivity index (χ3n) is 3.21. The molecule has 1 unspecified atom stereocenters. The number of hydrogen-bond acceptors (Lipinski definition) is 5. The van der Waals surface area contributed by atoms with E-state index >= 15 is 0 Å². The van der Waals surface area contributed by atoms with Gasteiger partial charge in [0.15, 0.2) is 0 Å². The lowest BCUT2D eigenvalue weighted by molar-refractivity contribution is 0.0891. The van der Waals surface area contributed by atoms with Crippen LogP contribution >= 0.6 is 0 Å². The zero-order valence-corrected chi connectivity index (χ0v) is 11.4. The Kier molecular flexibility index (Phi) is 4.36. The van der Waals surface area contributed by atoms with Crippen molar-refractivity contribution >= 4 is 11.8 Å². The summed E-state index contributed by atoms with van der Waals surface area (Å²) in [6.45, 7) is 6.85. The molecule has 5 nitrogen and oxygen atoms in total. The van der Waals surface area contributed by atoms with Crippen LogP contribution in [0.4, 0.5) is 11.8 Å². The molecule has 5 heteroatoms. The van der Waals surface area contributed by atoms with Crippen molar-refractivity contribution in [3.8, 4) is 0 Å². The largest absolute Gasteiger partial charge is 0.380 e. The number of aryl methyl sites for hydroxylation is 1. The second kappa shape index (κ2) is 6.00. The van der Waals surface area contributed by atoms with Crippen LogP contribution in [-0.4, -0.2) is 42.8 Å². The first-order valence-corrected chi connectivity index (χ1v) is 6.60. The van der Waals surface area contributed by atoms with Crippen molar-refractivity contribution in [3.63, 3.8) is 0 Å². The molecular formula is C13H22N4O. The van der Waals surface area contributed by atoms with E-state index in [1.54, 1.807) is 7.11 Å². The number of aromatic nitrogens is 2. The van der Waals surface area contributed by atoms with E-state index in [9.17, 15) is 0 Å². The molecule has 2 heterocycles. The van der Waals surface area contributed by atoms with E-state index in [0.717, 1.165) is 44.0 Å². The lowest BCUT2D eigenvalue weighted by Gasteiger charge is -2.33. The molecule has 0 spiro atoms. The Bertz CT molecular complexity index is 397. The molecule has 0 saturated carbocycles. The minimum atomic E-state index is 0.316. The van der Waals surface area contributed by atoms with Gasteiger partial charge in [-0.2, -0.15) is 4.98 Å². The first-order chi connectivity index (χ1) is 8.72. The fraction of sp³-hybridized carbons (Fsp3) is 0.692. The summed E-state index contributed by atoms with van der Waals surface area (Å²) in [5.74, 6) is 1.72. The van der Waals surface area contributed by atoms with Crippen molar-refractivity contribution in [3.05, 3.63) is 11.8 Å². The monoisotopic (exact) mass is 250 g/mol. The van der Waals surface area contributed by atoms with Crippen molar-refractivity contribution < 1.29 is 4.74 Å². The van der Waals surface area contributed by atoms with Gasteiger partial charge in [-0.1, -0.05) is 0 Å². The number of hydrogen-bond donors (Lipinski definition) is 1. The van der Waals surface area contributed by atoms with E-state index in [4.69, 9.17) is 4.74 Å². The van der Waals surface area contributed by atoms with Gasteiger partial charge < -0.3 is 15.0 Å². The molecule has 1 aliphatic heterocycles. The molecule has 18 heavy (non-hydrogen) atoms. The molecule has 0 radical (unpaired) electrons. The molecule has 1 aliphatic rings. The first-order valence-electron chi connectivity index (χ1n) is 6.60. The van der Waals surface area contributed by atoms with E-state index in [0.29, 0.717) is 12.1 Å². The molecular weight excluding hydrogens is 228 g/mol. The van der Waals surface area contributed by atoms with Crippen molar-refractivity contribution in [2.45, 2.75) is 32.8 Å². The predicted molar refractivity (Wildman–Crippen MR) is 73.2 cm³/mol. The van der Waals surface area contributed by atoms with Crippen molar-refractivity contribution in [2.24, 2.45) is 0 Å². The van der Waals surface area contributed by atoms with Gasteiger partial charge in [-0.25, -0.2) is 4.98 Å². The minimum absolute atomic E-state index is 0.316. The molecule has 1 saturated heterocycles. The number of piperidine rings is 1. The Labute approximate surface area is 109 Å². The van der Waals surface area contributed by atoms with E-state index in [2.05, 4.69) is 20.2 Å². The Hall–Kier alpha value is -1.36. The average Bonchev–Trinajstić information content (AvgIpc) is 2.38. The highest BCUT2D eigenvalue weighted by molar-refractivity contribution is 5.45. The highest BCUT2D eigenvalue weighted by Crippen LogP contribution is 2.21. The summed E-state index contributed by atoms with van der Waals surface area (Å²) in [6, 6.07) is 2.04. The maximum atomic E-state index is 5.45. The number of nitrogens with zero attached hydrogens (tertiary/aromatic N) is 3. The number of ether oxygens (including phenoxy) is 1.